The SMILES string of the molecule is CCc1c(OC)sc2ccc(Cl)cc12. The van der Waals surface area contributed by atoms with E-state index < -0.39 is 0 Å². The van der Waals surface area contributed by atoms with Gasteiger partial charge >= 0.3 is 0 Å². The highest BCUT2D eigenvalue weighted by molar-refractivity contribution is 7.21. The summed E-state index contributed by atoms with van der Waals surface area (Å²) in [6, 6.07) is 5.97. The maximum atomic E-state index is 5.96. The van der Waals surface area contributed by atoms with Gasteiger partial charge in [-0.1, -0.05) is 29.9 Å². The van der Waals surface area contributed by atoms with E-state index in [1.807, 2.05) is 18.2 Å². The Morgan fingerprint density at radius 1 is 1.43 bits per heavy atom. The number of aryl methyl sites for hydroxylation is 1. The molecule has 1 aromatic carbocycles. The predicted octanol–water partition coefficient (Wildman–Crippen LogP) is 4.13. The van der Waals surface area contributed by atoms with Gasteiger partial charge in [-0.05, 0) is 24.6 Å². The molecule has 2 rings (SSSR count). The van der Waals surface area contributed by atoms with E-state index in [9.17, 15) is 0 Å². The average Bonchev–Trinajstić information content (AvgIpc) is 2.54. The van der Waals surface area contributed by atoms with Crippen LogP contribution in [-0.4, -0.2) is 7.11 Å². The van der Waals surface area contributed by atoms with Crippen LogP contribution in [0, 0.1) is 0 Å². The fourth-order valence-electron chi connectivity index (χ4n) is 1.60. The van der Waals surface area contributed by atoms with Crippen LogP contribution < -0.4 is 4.74 Å². The first-order valence-corrected chi connectivity index (χ1v) is 5.70. The Bertz CT molecular complexity index is 462. The summed E-state index contributed by atoms with van der Waals surface area (Å²) in [6.07, 6.45) is 0.976. The molecule has 0 unspecified atom stereocenters. The van der Waals surface area contributed by atoms with Crippen LogP contribution in [0.25, 0.3) is 10.1 Å². The van der Waals surface area contributed by atoms with Gasteiger partial charge in [-0.25, -0.2) is 0 Å². The minimum atomic E-state index is 0.785. The third kappa shape index (κ3) is 1.49. The first-order chi connectivity index (χ1) is 6.76. The predicted molar refractivity (Wildman–Crippen MR) is 62.8 cm³/mol. The van der Waals surface area contributed by atoms with Crippen LogP contribution in [0.15, 0.2) is 18.2 Å². The normalized spacial score (nSPS) is 10.8. The van der Waals surface area contributed by atoms with Gasteiger partial charge < -0.3 is 4.74 Å². The zero-order valence-electron chi connectivity index (χ0n) is 8.13. The lowest BCUT2D eigenvalue weighted by Crippen LogP contribution is -1.84. The number of halogens is 1. The van der Waals surface area contributed by atoms with Gasteiger partial charge in [-0.2, -0.15) is 0 Å². The Kier molecular flexibility index (Phi) is 2.66. The minimum absolute atomic E-state index is 0.785. The highest BCUT2D eigenvalue weighted by Gasteiger charge is 2.10. The monoisotopic (exact) mass is 226 g/mol. The van der Waals surface area contributed by atoms with E-state index in [0.717, 1.165) is 16.5 Å². The summed E-state index contributed by atoms with van der Waals surface area (Å²) in [5.41, 5.74) is 1.26. The van der Waals surface area contributed by atoms with Crippen LogP contribution in [0.4, 0.5) is 0 Å². The first-order valence-electron chi connectivity index (χ1n) is 4.51. The highest BCUT2D eigenvalue weighted by atomic mass is 35.5. The van der Waals surface area contributed by atoms with Crippen molar-refractivity contribution in [3.63, 3.8) is 0 Å². The number of fused-ring (bicyclic) bond motifs is 1. The highest BCUT2D eigenvalue weighted by Crippen LogP contribution is 2.38. The van der Waals surface area contributed by atoms with Gasteiger partial charge in [0.15, 0.2) is 5.06 Å². The lowest BCUT2D eigenvalue weighted by molar-refractivity contribution is 0.423. The Hall–Kier alpha value is -0.730. The van der Waals surface area contributed by atoms with E-state index in [-0.39, 0.29) is 0 Å². The molecule has 0 atom stereocenters. The summed E-state index contributed by atoms with van der Waals surface area (Å²) < 4.78 is 6.58. The molecular weight excluding hydrogens is 216 g/mol. The second-order valence-electron chi connectivity index (χ2n) is 3.07. The largest absolute Gasteiger partial charge is 0.487 e. The maximum Gasteiger partial charge on any atom is 0.177 e. The summed E-state index contributed by atoms with van der Waals surface area (Å²) in [6.45, 7) is 2.13. The van der Waals surface area contributed by atoms with Crippen LogP contribution in [0.2, 0.25) is 5.02 Å². The van der Waals surface area contributed by atoms with Crippen LogP contribution in [0.3, 0.4) is 0 Å². The molecule has 1 aromatic heterocycles. The molecule has 0 radical (unpaired) electrons. The average molecular weight is 227 g/mol. The Labute approximate surface area is 92.3 Å². The summed E-state index contributed by atoms with van der Waals surface area (Å²) in [5, 5.41) is 3.01. The van der Waals surface area contributed by atoms with Crippen LogP contribution >= 0.6 is 22.9 Å². The van der Waals surface area contributed by atoms with Crippen molar-refractivity contribution in [2.24, 2.45) is 0 Å². The molecular formula is C11H11ClOS. The van der Waals surface area contributed by atoms with Gasteiger partial charge in [0.05, 0.1) is 7.11 Å². The van der Waals surface area contributed by atoms with Crippen molar-refractivity contribution in [3.8, 4) is 5.06 Å². The van der Waals surface area contributed by atoms with Crippen molar-refractivity contribution in [3.05, 3.63) is 28.8 Å². The Morgan fingerprint density at radius 3 is 2.86 bits per heavy atom. The van der Waals surface area contributed by atoms with Crippen molar-refractivity contribution in [1.29, 1.82) is 0 Å². The van der Waals surface area contributed by atoms with Crippen molar-refractivity contribution >= 4 is 33.0 Å². The van der Waals surface area contributed by atoms with Crippen molar-refractivity contribution in [1.82, 2.24) is 0 Å². The first kappa shape index (κ1) is 9.81. The number of thiophene rings is 1. The summed E-state index contributed by atoms with van der Waals surface area (Å²) in [5.74, 6) is 0. The molecule has 0 amide bonds. The molecule has 0 N–H and O–H groups in total. The van der Waals surface area contributed by atoms with Crippen LogP contribution in [0.5, 0.6) is 5.06 Å². The van der Waals surface area contributed by atoms with E-state index in [2.05, 4.69) is 6.92 Å². The fraction of sp³-hybridized carbons (Fsp3) is 0.273. The third-order valence-electron chi connectivity index (χ3n) is 2.25. The molecule has 0 saturated carbocycles. The summed E-state index contributed by atoms with van der Waals surface area (Å²) >= 11 is 7.64. The van der Waals surface area contributed by atoms with Crippen molar-refractivity contribution < 1.29 is 4.74 Å². The molecule has 0 spiro atoms. The topological polar surface area (TPSA) is 9.23 Å². The fourth-order valence-corrected chi connectivity index (χ4v) is 2.86. The Balaban J connectivity index is 2.74. The molecule has 0 bridgehead atoms. The molecule has 0 aliphatic carbocycles. The molecule has 74 valence electrons. The lowest BCUT2D eigenvalue weighted by atomic mass is 10.1. The molecule has 3 heteroatoms. The van der Waals surface area contributed by atoms with E-state index in [0.29, 0.717) is 0 Å². The second kappa shape index (κ2) is 3.79. The minimum Gasteiger partial charge on any atom is -0.487 e. The standard InChI is InChI=1S/C11H11ClOS/c1-3-8-9-6-7(12)4-5-10(9)14-11(8)13-2/h4-6H,3H2,1-2H3. The molecule has 0 aliphatic rings. The van der Waals surface area contributed by atoms with Crippen LogP contribution in [-0.2, 0) is 6.42 Å². The molecule has 0 saturated heterocycles. The zero-order valence-corrected chi connectivity index (χ0v) is 9.71. The molecule has 2 aromatic rings. The molecule has 1 heterocycles. The summed E-state index contributed by atoms with van der Waals surface area (Å²) in [4.78, 5) is 0. The van der Waals surface area contributed by atoms with E-state index in [1.54, 1.807) is 18.4 Å². The van der Waals surface area contributed by atoms with Gasteiger partial charge in [0.1, 0.15) is 0 Å². The maximum absolute atomic E-state index is 5.96. The zero-order chi connectivity index (χ0) is 10.1. The van der Waals surface area contributed by atoms with Crippen LogP contribution in [0.1, 0.15) is 12.5 Å². The number of ether oxygens (including phenoxy) is 1. The number of methoxy groups -OCH3 is 1. The van der Waals surface area contributed by atoms with E-state index >= 15 is 0 Å². The van der Waals surface area contributed by atoms with Crippen molar-refractivity contribution in [2.45, 2.75) is 13.3 Å². The summed E-state index contributed by atoms with van der Waals surface area (Å²) in [7, 11) is 1.71. The molecule has 0 aliphatic heterocycles. The number of hydrogen-bond acceptors (Lipinski definition) is 2. The van der Waals surface area contributed by atoms with Gasteiger partial charge in [-0.15, -0.1) is 0 Å². The molecule has 0 fully saturated rings. The number of rotatable bonds is 2. The third-order valence-corrected chi connectivity index (χ3v) is 3.66. The van der Waals surface area contributed by atoms with Gasteiger partial charge in [0.2, 0.25) is 0 Å². The number of benzene rings is 1. The smallest absolute Gasteiger partial charge is 0.177 e. The Morgan fingerprint density at radius 2 is 2.21 bits per heavy atom. The van der Waals surface area contributed by atoms with Gasteiger partial charge in [0, 0.05) is 20.7 Å². The second-order valence-corrected chi connectivity index (χ2v) is 4.52. The van der Waals surface area contributed by atoms with E-state index in [4.69, 9.17) is 16.3 Å². The van der Waals surface area contributed by atoms with Gasteiger partial charge in [-0.3, -0.25) is 0 Å². The molecule has 14 heavy (non-hydrogen) atoms. The molecule has 1 nitrogen and oxygen atoms in total. The lowest BCUT2D eigenvalue weighted by Gasteiger charge is -1.98. The quantitative estimate of drug-likeness (QED) is 0.749. The van der Waals surface area contributed by atoms with Gasteiger partial charge in [0.25, 0.3) is 0 Å². The number of hydrogen-bond donors (Lipinski definition) is 0. The van der Waals surface area contributed by atoms with Crippen molar-refractivity contribution in [2.75, 3.05) is 7.11 Å². The van der Waals surface area contributed by atoms with E-state index in [1.165, 1.54) is 15.6 Å².